The number of aryl methyl sites for hydroxylation is 2. The summed E-state index contributed by atoms with van der Waals surface area (Å²) in [5, 5.41) is 11.7. The van der Waals surface area contributed by atoms with Crippen molar-refractivity contribution in [2.75, 3.05) is 5.32 Å². The van der Waals surface area contributed by atoms with E-state index < -0.39 is 0 Å². The summed E-state index contributed by atoms with van der Waals surface area (Å²) < 4.78 is 3.81. The minimum Gasteiger partial charge on any atom is -0.377 e. The van der Waals surface area contributed by atoms with Gasteiger partial charge in [-0.3, -0.25) is 9.36 Å². The first kappa shape index (κ1) is 10.7. The maximum absolute atomic E-state index is 4.26. The van der Waals surface area contributed by atoms with Crippen LogP contribution in [0.15, 0.2) is 24.7 Å². The molecule has 1 N–H and O–H groups in total. The van der Waals surface area contributed by atoms with E-state index in [-0.39, 0.29) is 0 Å². The van der Waals surface area contributed by atoms with Gasteiger partial charge in [-0.1, -0.05) is 6.92 Å². The number of aromatic nitrogens is 4. The predicted octanol–water partition coefficient (Wildman–Crippen LogP) is 1.64. The number of nitrogens with zero attached hydrogens (tertiary/aromatic N) is 4. The van der Waals surface area contributed by atoms with Crippen LogP contribution in [0.4, 0.5) is 5.69 Å². The van der Waals surface area contributed by atoms with Crippen molar-refractivity contribution < 1.29 is 0 Å². The Hall–Kier alpha value is -1.78. The second-order valence-corrected chi connectivity index (χ2v) is 3.79. The summed E-state index contributed by atoms with van der Waals surface area (Å²) in [7, 11) is 1.94. The molecule has 0 bridgehead atoms. The average molecular weight is 219 g/mol. The smallest absolute Gasteiger partial charge is 0.0729 e. The molecule has 0 fully saturated rings. The van der Waals surface area contributed by atoms with E-state index in [1.54, 1.807) is 6.20 Å². The quantitative estimate of drug-likeness (QED) is 0.831. The van der Waals surface area contributed by atoms with Crippen molar-refractivity contribution in [3.63, 3.8) is 0 Å². The summed E-state index contributed by atoms with van der Waals surface area (Å²) in [6.45, 7) is 3.88. The Morgan fingerprint density at radius 1 is 1.38 bits per heavy atom. The normalized spacial score (nSPS) is 10.6. The maximum Gasteiger partial charge on any atom is 0.0729 e. The molecule has 0 aliphatic heterocycles. The molecule has 0 unspecified atom stereocenters. The zero-order chi connectivity index (χ0) is 11.4. The van der Waals surface area contributed by atoms with E-state index >= 15 is 0 Å². The lowest BCUT2D eigenvalue weighted by Gasteiger charge is -2.03. The Kier molecular flexibility index (Phi) is 3.24. The largest absolute Gasteiger partial charge is 0.377 e. The number of anilines is 1. The SMILES string of the molecule is CCCn1cc(NCc2ccnn2C)cn1. The van der Waals surface area contributed by atoms with Crippen LogP contribution in [0.25, 0.3) is 0 Å². The van der Waals surface area contributed by atoms with Gasteiger partial charge in [-0.25, -0.2) is 0 Å². The van der Waals surface area contributed by atoms with Gasteiger partial charge in [-0.15, -0.1) is 0 Å². The molecule has 5 heteroatoms. The number of hydrogen-bond donors (Lipinski definition) is 1. The molecule has 0 saturated carbocycles. The van der Waals surface area contributed by atoms with E-state index in [4.69, 9.17) is 0 Å². The minimum absolute atomic E-state index is 0.772. The van der Waals surface area contributed by atoms with E-state index in [1.165, 1.54) is 0 Å². The fourth-order valence-electron chi connectivity index (χ4n) is 1.57. The highest BCUT2D eigenvalue weighted by Crippen LogP contribution is 2.07. The highest BCUT2D eigenvalue weighted by molar-refractivity contribution is 5.38. The maximum atomic E-state index is 4.26. The van der Waals surface area contributed by atoms with Crippen LogP contribution in [0.2, 0.25) is 0 Å². The second-order valence-electron chi connectivity index (χ2n) is 3.79. The van der Waals surface area contributed by atoms with Gasteiger partial charge in [0.05, 0.1) is 24.1 Å². The first-order chi connectivity index (χ1) is 7.79. The topological polar surface area (TPSA) is 47.7 Å². The van der Waals surface area contributed by atoms with Gasteiger partial charge in [0, 0.05) is 26.0 Å². The monoisotopic (exact) mass is 219 g/mol. The summed E-state index contributed by atoms with van der Waals surface area (Å²) in [6.07, 6.45) is 6.78. The third-order valence-corrected chi connectivity index (χ3v) is 2.48. The molecule has 2 rings (SSSR count). The molecule has 2 aromatic heterocycles. The van der Waals surface area contributed by atoms with Crippen molar-refractivity contribution in [1.29, 1.82) is 0 Å². The molecule has 2 heterocycles. The Morgan fingerprint density at radius 3 is 2.94 bits per heavy atom. The fraction of sp³-hybridized carbons (Fsp3) is 0.455. The summed E-state index contributed by atoms with van der Waals surface area (Å²) >= 11 is 0. The zero-order valence-electron chi connectivity index (χ0n) is 9.72. The van der Waals surface area contributed by atoms with Crippen molar-refractivity contribution in [1.82, 2.24) is 19.6 Å². The van der Waals surface area contributed by atoms with Crippen LogP contribution in [0.5, 0.6) is 0 Å². The van der Waals surface area contributed by atoms with Crippen LogP contribution in [-0.2, 0) is 20.1 Å². The molecule has 0 spiro atoms. The molecule has 86 valence electrons. The van der Waals surface area contributed by atoms with E-state index in [9.17, 15) is 0 Å². The van der Waals surface area contributed by atoms with Crippen LogP contribution in [-0.4, -0.2) is 19.6 Å². The molecule has 0 aliphatic carbocycles. The average Bonchev–Trinajstić information content (AvgIpc) is 2.86. The van der Waals surface area contributed by atoms with Crippen LogP contribution in [0, 0.1) is 0 Å². The van der Waals surface area contributed by atoms with Gasteiger partial charge in [-0.05, 0) is 12.5 Å². The number of hydrogen-bond acceptors (Lipinski definition) is 3. The molecule has 0 atom stereocenters. The van der Waals surface area contributed by atoms with Crippen LogP contribution >= 0.6 is 0 Å². The van der Waals surface area contributed by atoms with Gasteiger partial charge in [0.25, 0.3) is 0 Å². The molecule has 16 heavy (non-hydrogen) atoms. The molecule has 5 nitrogen and oxygen atoms in total. The number of rotatable bonds is 5. The summed E-state index contributed by atoms with van der Waals surface area (Å²) in [5.74, 6) is 0. The lowest BCUT2D eigenvalue weighted by atomic mass is 10.4. The Labute approximate surface area is 95.1 Å². The van der Waals surface area contributed by atoms with Crippen molar-refractivity contribution >= 4 is 5.69 Å². The molecule has 0 saturated heterocycles. The van der Waals surface area contributed by atoms with Crippen LogP contribution < -0.4 is 5.32 Å². The molecule has 0 amide bonds. The standard InChI is InChI=1S/C11H17N5/c1-3-6-16-9-10(7-14-16)12-8-11-4-5-13-15(11)2/h4-5,7,9,12H,3,6,8H2,1-2H3. The lowest BCUT2D eigenvalue weighted by molar-refractivity contribution is 0.603. The first-order valence-corrected chi connectivity index (χ1v) is 5.53. The summed E-state index contributed by atoms with van der Waals surface area (Å²) in [4.78, 5) is 0. The van der Waals surface area contributed by atoms with E-state index in [0.29, 0.717) is 0 Å². The van der Waals surface area contributed by atoms with Crippen molar-refractivity contribution in [2.24, 2.45) is 7.05 Å². The van der Waals surface area contributed by atoms with Gasteiger partial charge in [0.15, 0.2) is 0 Å². The van der Waals surface area contributed by atoms with E-state index in [1.807, 2.05) is 34.9 Å². The summed E-state index contributed by atoms with van der Waals surface area (Å²) in [5.41, 5.74) is 2.21. The van der Waals surface area contributed by atoms with Gasteiger partial charge in [0.1, 0.15) is 0 Å². The molecule has 0 aliphatic rings. The number of nitrogens with one attached hydrogen (secondary N) is 1. The first-order valence-electron chi connectivity index (χ1n) is 5.53. The van der Waals surface area contributed by atoms with Crippen molar-refractivity contribution in [3.8, 4) is 0 Å². The van der Waals surface area contributed by atoms with E-state index in [0.717, 1.165) is 30.9 Å². The van der Waals surface area contributed by atoms with Gasteiger partial charge >= 0.3 is 0 Å². The molecular weight excluding hydrogens is 202 g/mol. The molecule has 0 aromatic carbocycles. The van der Waals surface area contributed by atoms with E-state index in [2.05, 4.69) is 22.4 Å². The van der Waals surface area contributed by atoms with Crippen LogP contribution in [0.1, 0.15) is 19.0 Å². The lowest BCUT2D eigenvalue weighted by Crippen LogP contribution is -2.04. The summed E-state index contributed by atoms with van der Waals surface area (Å²) in [6, 6.07) is 2.00. The highest BCUT2D eigenvalue weighted by atomic mass is 15.3. The highest BCUT2D eigenvalue weighted by Gasteiger charge is 2.00. The van der Waals surface area contributed by atoms with Crippen molar-refractivity contribution in [3.05, 3.63) is 30.4 Å². The predicted molar refractivity (Wildman–Crippen MR) is 63.1 cm³/mol. The fourth-order valence-corrected chi connectivity index (χ4v) is 1.57. The zero-order valence-corrected chi connectivity index (χ0v) is 9.72. The second kappa shape index (κ2) is 4.83. The van der Waals surface area contributed by atoms with Crippen molar-refractivity contribution in [2.45, 2.75) is 26.4 Å². The molecule has 0 radical (unpaired) electrons. The third-order valence-electron chi connectivity index (χ3n) is 2.48. The Morgan fingerprint density at radius 2 is 2.25 bits per heavy atom. The Bertz CT molecular complexity index is 443. The molecule has 2 aromatic rings. The third kappa shape index (κ3) is 2.42. The van der Waals surface area contributed by atoms with Gasteiger partial charge in [0.2, 0.25) is 0 Å². The molecular formula is C11H17N5. The van der Waals surface area contributed by atoms with Gasteiger partial charge < -0.3 is 5.32 Å². The Balaban J connectivity index is 1.92. The van der Waals surface area contributed by atoms with Gasteiger partial charge in [-0.2, -0.15) is 10.2 Å². The minimum atomic E-state index is 0.772. The van der Waals surface area contributed by atoms with Crippen LogP contribution in [0.3, 0.4) is 0 Å².